The summed E-state index contributed by atoms with van der Waals surface area (Å²) in [6.45, 7) is 3.02. The van der Waals surface area contributed by atoms with Gasteiger partial charge in [0, 0.05) is 37.6 Å². The van der Waals surface area contributed by atoms with Crippen molar-refractivity contribution in [3.63, 3.8) is 0 Å². The second-order valence-corrected chi connectivity index (χ2v) is 8.41. The number of hydrogen-bond acceptors (Lipinski definition) is 3. The molecule has 3 unspecified atom stereocenters. The number of nitrogens with zero attached hydrogens (tertiary/aromatic N) is 1. The average Bonchev–Trinajstić information content (AvgIpc) is 3.02. The third-order valence-electron chi connectivity index (χ3n) is 6.65. The van der Waals surface area contributed by atoms with Crippen LogP contribution in [0.1, 0.15) is 44.1 Å². The molecule has 4 rings (SSSR count). The van der Waals surface area contributed by atoms with Crippen LogP contribution in [0.5, 0.6) is 0 Å². The van der Waals surface area contributed by atoms with Gasteiger partial charge in [-0.3, -0.25) is 9.69 Å². The smallest absolute Gasteiger partial charge is 0.223 e. The van der Waals surface area contributed by atoms with Crippen LogP contribution in [0.3, 0.4) is 0 Å². The van der Waals surface area contributed by atoms with Crippen molar-refractivity contribution in [2.75, 3.05) is 13.1 Å². The van der Waals surface area contributed by atoms with Crippen LogP contribution in [0.4, 0.5) is 0 Å². The molecule has 27 heavy (non-hydrogen) atoms. The molecule has 1 aromatic rings. The molecule has 1 heterocycles. The maximum atomic E-state index is 12.8. The van der Waals surface area contributed by atoms with Crippen molar-refractivity contribution in [1.29, 1.82) is 0 Å². The number of fused-ring (bicyclic) bond motifs is 2. The van der Waals surface area contributed by atoms with E-state index in [9.17, 15) is 4.79 Å². The number of halogens is 2. The number of nitrogens with two attached hydrogens (primary N) is 1. The fraction of sp³-hybridized carbons (Fsp3) is 0.667. The van der Waals surface area contributed by atoms with Crippen molar-refractivity contribution < 1.29 is 4.79 Å². The summed E-state index contributed by atoms with van der Waals surface area (Å²) >= 11 is 0. The topological polar surface area (TPSA) is 58.4 Å². The van der Waals surface area contributed by atoms with Crippen LogP contribution in [0.15, 0.2) is 30.3 Å². The maximum Gasteiger partial charge on any atom is 0.223 e. The van der Waals surface area contributed by atoms with Crippen LogP contribution in [-0.2, 0) is 11.3 Å². The molecule has 6 heteroatoms. The van der Waals surface area contributed by atoms with Gasteiger partial charge >= 0.3 is 0 Å². The van der Waals surface area contributed by atoms with E-state index in [-0.39, 0.29) is 36.6 Å². The molecule has 0 aromatic heterocycles. The third-order valence-corrected chi connectivity index (χ3v) is 6.65. The lowest BCUT2D eigenvalue weighted by Gasteiger charge is -2.43. The van der Waals surface area contributed by atoms with Gasteiger partial charge in [0.15, 0.2) is 0 Å². The van der Waals surface area contributed by atoms with Gasteiger partial charge in [-0.2, -0.15) is 0 Å². The van der Waals surface area contributed by atoms with E-state index in [4.69, 9.17) is 5.73 Å². The Kier molecular flexibility index (Phi) is 8.41. The zero-order valence-electron chi connectivity index (χ0n) is 15.9. The highest BCUT2D eigenvalue weighted by atomic mass is 35.5. The van der Waals surface area contributed by atoms with Crippen molar-refractivity contribution in [1.82, 2.24) is 10.2 Å². The molecule has 4 nitrogen and oxygen atoms in total. The Morgan fingerprint density at radius 2 is 1.74 bits per heavy atom. The molecule has 3 aliphatic rings. The van der Waals surface area contributed by atoms with E-state index in [0.717, 1.165) is 38.9 Å². The zero-order chi connectivity index (χ0) is 17.2. The second-order valence-electron chi connectivity index (χ2n) is 8.41. The Hall–Kier alpha value is -0.810. The van der Waals surface area contributed by atoms with Crippen LogP contribution in [-0.4, -0.2) is 36.0 Å². The summed E-state index contributed by atoms with van der Waals surface area (Å²) in [4.78, 5) is 15.2. The fourth-order valence-corrected chi connectivity index (χ4v) is 5.26. The number of benzene rings is 1. The lowest BCUT2D eigenvalue weighted by molar-refractivity contribution is -0.128. The molecule has 1 saturated heterocycles. The number of nitrogens with one attached hydrogen (secondary N) is 1. The Labute approximate surface area is 175 Å². The number of amides is 1. The Morgan fingerprint density at radius 3 is 2.41 bits per heavy atom. The van der Waals surface area contributed by atoms with E-state index in [1.54, 1.807) is 0 Å². The first-order valence-electron chi connectivity index (χ1n) is 10.0. The predicted octanol–water partition coefficient (Wildman–Crippen LogP) is 3.37. The number of carbonyl (C=O) groups excluding carboxylic acids is 1. The van der Waals surface area contributed by atoms with Crippen molar-refractivity contribution in [3.05, 3.63) is 35.9 Å². The molecule has 0 spiro atoms. The molecule has 2 aliphatic carbocycles. The average molecular weight is 414 g/mol. The molecule has 1 amide bonds. The van der Waals surface area contributed by atoms with E-state index in [0.29, 0.717) is 23.9 Å². The van der Waals surface area contributed by atoms with E-state index >= 15 is 0 Å². The summed E-state index contributed by atoms with van der Waals surface area (Å²) in [5, 5.41) is 3.35. The molecule has 3 fully saturated rings. The molecule has 2 saturated carbocycles. The maximum absolute atomic E-state index is 12.8. The van der Waals surface area contributed by atoms with Gasteiger partial charge in [-0.15, -0.1) is 24.8 Å². The molecule has 1 aromatic carbocycles. The minimum atomic E-state index is 0. The van der Waals surface area contributed by atoms with Gasteiger partial charge in [0.05, 0.1) is 0 Å². The van der Waals surface area contributed by atoms with Crippen LogP contribution >= 0.6 is 24.8 Å². The summed E-state index contributed by atoms with van der Waals surface area (Å²) in [6, 6.07) is 11.2. The minimum absolute atomic E-state index is 0. The number of rotatable bonds is 4. The quantitative estimate of drug-likeness (QED) is 0.794. The van der Waals surface area contributed by atoms with Gasteiger partial charge in [-0.05, 0) is 49.5 Å². The van der Waals surface area contributed by atoms with Crippen LogP contribution in [0.2, 0.25) is 0 Å². The van der Waals surface area contributed by atoms with E-state index in [2.05, 4.69) is 40.5 Å². The van der Waals surface area contributed by atoms with E-state index in [1.165, 1.54) is 24.8 Å². The van der Waals surface area contributed by atoms with E-state index in [1.807, 2.05) is 0 Å². The fourth-order valence-electron chi connectivity index (χ4n) is 5.26. The summed E-state index contributed by atoms with van der Waals surface area (Å²) < 4.78 is 0. The first-order valence-corrected chi connectivity index (χ1v) is 10.0. The highest BCUT2D eigenvalue weighted by Gasteiger charge is 2.41. The minimum Gasteiger partial charge on any atom is -0.352 e. The molecule has 2 bridgehead atoms. The zero-order valence-corrected chi connectivity index (χ0v) is 17.5. The summed E-state index contributed by atoms with van der Waals surface area (Å²) in [7, 11) is 0. The third kappa shape index (κ3) is 5.38. The van der Waals surface area contributed by atoms with Crippen molar-refractivity contribution >= 4 is 30.7 Å². The van der Waals surface area contributed by atoms with Gasteiger partial charge in [-0.1, -0.05) is 36.8 Å². The monoisotopic (exact) mass is 413 g/mol. The van der Waals surface area contributed by atoms with E-state index < -0.39 is 0 Å². The van der Waals surface area contributed by atoms with Gasteiger partial charge in [-0.25, -0.2) is 0 Å². The van der Waals surface area contributed by atoms with Crippen molar-refractivity contribution in [3.8, 4) is 0 Å². The van der Waals surface area contributed by atoms with Gasteiger partial charge in [0.1, 0.15) is 0 Å². The Morgan fingerprint density at radius 1 is 1.07 bits per heavy atom. The molecular formula is C21H33Cl2N3O. The molecule has 1 aliphatic heterocycles. The molecular weight excluding hydrogens is 381 g/mol. The van der Waals surface area contributed by atoms with Crippen LogP contribution in [0, 0.1) is 17.8 Å². The normalized spacial score (nSPS) is 32.9. The Balaban J connectivity index is 0.00000131. The Bertz CT molecular complexity index is 586. The molecule has 3 atom stereocenters. The lowest BCUT2D eigenvalue weighted by Crippen LogP contribution is -2.50. The van der Waals surface area contributed by atoms with Gasteiger partial charge in [0.25, 0.3) is 0 Å². The standard InChI is InChI=1S/C21H31N3O.2ClH/c22-20-16-7-4-8-17(20)12-18(11-16)21(25)23-19-9-10-24(14-19)13-15-5-2-1-3-6-15;;/h1-3,5-6,16-20H,4,7-14,22H2,(H,23,25);2*1H. The summed E-state index contributed by atoms with van der Waals surface area (Å²) in [6.07, 6.45) is 6.81. The van der Waals surface area contributed by atoms with Gasteiger partial charge < -0.3 is 11.1 Å². The highest BCUT2D eigenvalue weighted by Crippen LogP contribution is 2.41. The van der Waals surface area contributed by atoms with Crippen LogP contribution in [0.25, 0.3) is 0 Å². The lowest BCUT2D eigenvalue weighted by atomic mass is 9.65. The SMILES string of the molecule is Cl.Cl.NC1C2CCCC1CC(C(=O)NC1CCN(Cc3ccccc3)C1)C2. The predicted molar refractivity (Wildman–Crippen MR) is 114 cm³/mol. The molecule has 0 radical (unpaired) electrons. The summed E-state index contributed by atoms with van der Waals surface area (Å²) in [5.41, 5.74) is 7.71. The van der Waals surface area contributed by atoms with Gasteiger partial charge in [0.2, 0.25) is 5.91 Å². The van der Waals surface area contributed by atoms with Crippen molar-refractivity contribution in [2.45, 2.75) is 57.2 Å². The molecule has 3 N–H and O–H groups in total. The number of likely N-dealkylation sites (tertiary alicyclic amines) is 1. The second kappa shape index (κ2) is 10.1. The molecule has 152 valence electrons. The first kappa shape index (κ1) is 22.5. The summed E-state index contributed by atoms with van der Waals surface area (Å²) in [5.74, 6) is 1.62. The number of hydrogen-bond donors (Lipinski definition) is 2. The van der Waals surface area contributed by atoms with Crippen LogP contribution < -0.4 is 11.1 Å². The largest absolute Gasteiger partial charge is 0.352 e. The number of carbonyl (C=O) groups is 1. The first-order chi connectivity index (χ1) is 12.2. The van der Waals surface area contributed by atoms with Crippen molar-refractivity contribution in [2.24, 2.45) is 23.5 Å². The highest BCUT2D eigenvalue weighted by molar-refractivity contribution is 5.85.